The fourth-order valence-electron chi connectivity index (χ4n) is 1.46. The Balaban J connectivity index is 1.94. The highest BCUT2D eigenvalue weighted by Crippen LogP contribution is 2.14. The van der Waals surface area contributed by atoms with Crippen LogP contribution in [0.5, 0.6) is 0 Å². The molecule has 0 radical (unpaired) electrons. The van der Waals surface area contributed by atoms with Crippen LogP contribution in [0.4, 0.5) is 8.78 Å². The maximum atomic E-state index is 12.3. The van der Waals surface area contributed by atoms with Gasteiger partial charge in [-0.3, -0.25) is 0 Å². The summed E-state index contributed by atoms with van der Waals surface area (Å²) in [5.41, 5.74) is 0. The summed E-state index contributed by atoms with van der Waals surface area (Å²) < 4.78 is 29.5. The maximum Gasteiger partial charge on any atom is 0.268 e. The minimum atomic E-state index is -2.69. The smallest absolute Gasteiger partial charge is 0.268 e. The summed E-state index contributed by atoms with van der Waals surface area (Å²) >= 11 is 0. The third-order valence-corrected chi connectivity index (χ3v) is 2.19. The van der Waals surface area contributed by atoms with Crippen LogP contribution in [0.15, 0.2) is 0 Å². The van der Waals surface area contributed by atoms with E-state index in [1.165, 1.54) is 0 Å². The lowest BCUT2D eigenvalue weighted by atomic mass is 10.1. The van der Waals surface area contributed by atoms with Crippen molar-refractivity contribution >= 4 is 0 Å². The number of hydrogen-bond acceptors (Lipinski definition) is 2. The molecule has 0 aliphatic carbocycles. The molecule has 1 atom stereocenters. The Hall–Kier alpha value is -0.220. The number of ether oxygens (including phenoxy) is 1. The molecule has 1 unspecified atom stereocenters. The van der Waals surface area contributed by atoms with Crippen molar-refractivity contribution in [2.45, 2.75) is 25.7 Å². The number of rotatable bonds is 5. The fourth-order valence-corrected chi connectivity index (χ4v) is 1.46. The Morgan fingerprint density at radius 2 is 2.31 bits per heavy atom. The predicted molar refractivity (Wildman–Crippen MR) is 47.0 cm³/mol. The van der Waals surface area contributed by atoms with Crippen LogP contribution in [0.25, 0.3) is 0 Å². The van der Waals surface area contributed by atoms with Crippen LogP contribution in [0.3, 0.4) is 0 Å². The van der Waals surface area contributed by atoms with Crippen LogP contribution < -0.4 is 5.32 Å². The molecule has 1 N–H and O–H groups in total. The van der Waals surface area contributed by atoms with Crippen LogP contribution in [0, 0.1) is 5.92 Å². The van der Waals surface area contributed by atoms with E-state index in [0.717, 1.165) is 32.9 Å². The molecule has 0 amide bonds. The van der Waals surface area contributed by atoms with Gasteiger partial charge in [0, 0.05) is 13.5 Å². The Morgan fingerprint density at radius 1 is 1.54 bits per heavy atom. The highest BCUT2D eigenvalue weighted by atomic mass is 19.3. The molecule has 0 spiro atoms. The van der Waals surface area contributed by atoms with Gasteiger partial charge in [0.05, 0.1) is 0 Å². The van der Waals surface area contributed by atoms with E-state index in [-0.39, 0.29) is 0 Å². The summed E-state index contributed by atoms with van der Waals surface area (Å²) in [6, 6.07) is 0. The van der Waals surface area contributed by atoms with Gasteiger partial charge in [0.25, 0.3) is 5.92 Å². The van der Waals surface area contributed by atoms with E-state index >= 15 is 0 Å². The zero-order valence-electron chi connectivity index (χ0n) is 7.98. The topological polar surface area (TPSA) is 21.3 Å². The molecule has 1 fully saturated rings. The Bertz CT molecular complexity index is 141. The van der Waals surface area contributed by atoms with Crippen molar-refractivity contribution in [3.63, 3.8) is 0 Å². The van der Waals surface area contributed by atoms with E-state index in [9.17, 15) is 8.78 Å². The molecule has 1 aliphatic heterocycles. The zero-order valence-corrected chi connectivity index (χ0v) is 7.98. The summed E-state index contributed by atoms with van der Waals surface area (Å²) in [6.07, 6.45) is 2.04. The molecular weight excluding hydrogens is 176 g/mol. The molecule has 13 heavy (non-hydrogen) atoms. The number of alkyl halides is 2. The van der Waals surface area contributed by atoms with Crippen LogP contribution in [0.2, 0.25) is 0 Å². The van der Waals surface area contributed by atoms with Crippen molar-refractivity contribution in [2.24, 2.45) is 5.92 Å². The standard InChI is InChI=1S/C9H17F2NO/c1-9(10,11)7-13-5-3-8-2-4-12-6-8/h8,12H,2-7H2,1H3. The maximum absolute atomic E-state index is 12.3. The van der Waals surface area contributed by atoms with Gasteiger partial charge in [-0.25, -0.2) is 8.78 Å². The third-order valence-electron chi connectivity index (χ3n) is 2.19. The van der Waals surface area contributed by atoms with Crippen molar-refractivity contribution in [1.82, 2.24) is 5.32 Å². The molecule has 0 aromatic carbocycles. The summed E-state index contributed by atoms with van der Waals surface area (Å²) in [7, 11) is 0. The Kier molecular flexibility index (Phi) is 4.06. The molecule has 0 bridgehead atoms. The van der Waals surface area contributed by atoms with Crippen LogP contribution in [-0.4, -0.2) is 32.2 Å². The van der Waals surface area contributed by atoms with Gasteiger partial charge in [-0.05, 0) is 31.8 Å². The Morgan fingerprint density at radius 3 is 2.85 bits per heavy atom. The van der Waals surface area contributed by atoms with Gasteiger partial charge >= 0.3 is 0 Å². The van der Waals surface area contributed by atoms with Gasteiger partial charge in [0.2, 0.25) is 0 Å². The van der Waals surface area contributed by atoms with Gasteiger partial charge in [-0.1, -0.05) is 0 Å². The second-order valence-electron chi connectivity index (χ2n) is 3.77. The van der Waals surface area contributed by atoms with Gasteiger partial charge < -0.3 is 10.1 Å². The monoisotopic (exact) mass is 193 g/mol. The quantitative estimate of drug-likeness (QED) is 0.670. The van der Waals surface area contributed by atoms with Crippen LogP contribution >= 0.6 is 0 Å². The molecule has 1 saturated heterocycles. The van der Waals surface area contributed by atoms with Gasteiger partial charge in [0.1, 0.15) is 6.61 Å². The molecule has 1 rings (SSSR count). The van der Waals surface area contributed by atoms with Gasteiger partial charge in [-0.15, -0.1) is 0 Å². The second-order valence-corrected chi connectivity index (χ2v) is 3.77. The minimum Gasteiger partial charge on any atom is -0.375 e. The zero-order chi connectivity index (χ0) is 9.73. The van der Waals surface area contributed by atoms with E-state index in [0.29, 0.717) is 12.5 Å². The molecule has 4 heteroatoms. The van der Waals surface area contributed by atoms with E-state index in [4.69, 9.17) is 4.74 Å². The first kappa shape index (κ1) is 10.9. The molecule has 0 aromatic heterocycles. The predicted octanol–water partition coefficient (Wildman–Crippen LogP) is 1.66. The molecule has 1 aliphatic rings. The van der Waals surface area contributed by atoms with E-state index in [1.807, 2.05) is 0 Å². The average Bonchev–Trinajstić information content (AvgIpc) is 2.48. The second kappa shape index (κ2) is 4.86. The highest BCUT2D eigenvalue weighted by Gasteiger charge is 2.21. The van der Waals surface area contributed by atoms with E-state index in [2.05, 4.69) is 5.32 Å². The first-order valence-corrected chi connectivity index (χ1v) is 4.74. The van der Waals surface area contributed by atoms with Crippen molar-refractivity contribution in [3.05, 3.63) is 0 Å². The SMILES string of the molecule is CC(F)(F)COCCC1CCNC1. The lowest BCUT2D eigenvalue weighted by Crippen LogP contribution is -2.20. The van der Waals surface area contributed by atoms with Crippen molar-refractivity contribution in [2.75, 3.05) is 26.3 Å². The number of halogens is 2. The van der Waals surface area contributed by atoms with Gasteiger partial charge in [-0.2, -0.15) is 0 Å². The third kappa shape index (κ3) is 5.16. The fraction of sp³-hybridized carbons (Fsp3) is 1.00. The minimum absolute atomic E-state index is 0.451. The first-order chi connectivity index (χ1) is 6.08. The van der Waals surface area contributed by atoms with E-state index in [1.54, 1.807) is 0 Å². The largest absolute Gasteiger partial charge is 0.375 e. The normalized spacial score (nSPS) is 23.8. The Labute approximate surface area is 77.6 Å². The molecular formula is C9H17F2NO. The molecule has 0 aromatic rings. The number of nitrogens with one attached hydrogen (secondary N) is 1. The summed E-state index contributed by atoms with van der Waals surface area (Å²) in [4.78, 5) is 0. The number of hydrogen-bond donors (Lipinski definition) is 1. The van der Waals surface area contributed by atoms with Crippen LogP contribution in [0.1, 0.15) is 19.8 Å². The average molecular weight is 193 g/mol. The highest BCUT2D eigenvalue weighted by molar-refractivity contribution is 4.70. The van der Waals surface area contributed by atoms with Crippen LogP contribution in [-0.2, 0) is 4.74 Å². The molecule has 2 nitrogen and oxygen atoms in total. The molecule has 0 saturated carbocycles. The lowest BCUT2D eigenvalue weighted by molar-refractivity contribution is -0.0641. The molecule has 78 valence electrons. The van der Waals surface area contributed by atoms with E-state index < -0.39 is 12.5 Å². The summed E-state index contributed by atoms with van der Waals surface area (Å²) in [6.45, 7) is 2.94. The van der Waals surface area contributed by atoms with Crippen molar-refractivity contribution < 1.29 is 13.5 Å². The van der Waals surface area contributed by atoms with Crippen molar-refractivity contribution in [1.29, 1.82) is 0 Å². The van der Waals surface area contributed by atoms with Crippen molar-refractivity contribution in [3.8, 4) is 0 Å². The van der Waals surface area contributed by atoms with Gasteiger partial charge in [0.15, 0.2) is 0 Å². The lowest BCUT2D eigenvalue weighted by Gasteiger charge is -2.12. The summed E-state index contributed by atoms with van der Waals surface area (Å²) in [5, 5.41) is 3.23. The first-order valence-electron chi connectivity index (χ1n) is 4.74. The molecule has 1 heterocycles. The summed E-state index contributed by atoms with van der Waals surface area (Å²) in [5.74, 6) is -2.07.